The van der Waals surface area contributed by atoms with Gasteiger partial charge in [-0.2, -0.15) is 4.31 Å². The molecule has 39 heavy (non-hydrogen) atoms. The highest BCUT2D eigenvalue weighted by atomic mass is 32.2. The van der Waals surface area contributed by atoms with E-state index in [2.05, 4.69) is 15.3 Å². The van der Waals surface area contributed by atoms with Crippen LogP contribution in [0.25, 0.3) is 17.0 Å². The minimum atomic E-state index is -3.30. The molecule has 1 aliphatic carbocycles. The average molecular weight is 550 g/mol. The van der Waals surface area contributed by atoms with Crippen LogP contribution in [0.2, 0.25) is 0 Å². The van der Waals surface area contributed by atoms with Crippen LogP contribution in [0.5, 0.6) is 0 Å². The van der Waals surface area contributed by atoms with Gasteiger partial charge in [-0.15, -0.1) is 0 Å². The maximum Gasteiger partial charge on any atom is 0.272 e. The molecule has 1 aliphatic heterocycles. The molecule has 202 valence electrons. The molecule has 0 radical (unpaired) electrons. The fourth-order valence-corrected chi connectivity index (χ4v) is 5.82. The number of amides is 1. The van der Waals surface area contributed by atoms with Gasteiger partial charge in [0.2, 0.25) is 10.0 Å². The van der Waals surface area contributed by atoms with Crippen LogP contribution in [0.15, 0.2) is 61.1 Å². The lowest BCUT2D eigenvalue weighted by Gasteiger charge is -2.33. The van der Waals surface area contributed by atoms with Crippen LogP contribution in [-0.2, 0) is 16.6 Å². The zero-order valence-electron chi connectivity index (χ0n) is 21.4. The van der Waals surface area contributed by atoms with E-state index < -0.39 is 10.0 Å². The van der Waals surface area contributed by atoms with E-state index >= 15 is 0 Å². The van der Waals surface area contributed by atoms with Gasteiger partial charge in [0.15, 0.2) is 5.82 Å². The first-order valence-corrected chi connectivity index (χ1v) is 14.6. The number of hydrogen-bond acceptors (Lipinski definition) is 7. The zero-order chi connectivity index (χ0) is 27.1. The SMILES string of the molecule is CS(=O)(=O)N1CCN(C(=O)c2cc(CN[C@@H]3C[C@H]3c3ccc(F)cc3)nc(-c3ccn4ccnc4c3)n2)CC1. The molecule has 2 atom stereocenters. The van der Waals surface area contributed by atoms with E-state index in [0.717, 1.165) is 23.2 Å². The van der Waals surface area contributed by atoms with Gasteiger partial charge in [-0.05, 0) is 42.3 Å². The number of benzene rings is 1. The van der Waals surface area contributed by atoms with Crippen molar-refractivity contribution < 1.29 is 17.6 Å². The third kappa shape index (κ3) is 5.54. The molecule has 0 spiro atoms. The Bertz CT molecular complexity index is 1630. The highest BCUT2D eigenvalue weighted by Crippen LogP contribution is 2.40. The minimum absolute atomic E-state index is 0.235. The van der Waals surface area contributed by atoms with Gasteiger partial charge in [0.25, 0.3) is 5.91 Å². The second-order valence-corrected chi connectivity index (χ2v) is 12.0. The fourth-order valence-electron chi connectivity index (χ4n) is 5.00. The maximum absolute atomic E-state index is 13.5. The van der Waals surface area contributed by atoms with Crippen molar-refractivity contribution in [1.29, 1.82) is 0 Å². The number of fused-ring (bicyclic) bond motifs is 1. The van der Waals surface area contributed by atoms with Crippen molar-refractivity contribution in [3.05, 3.63) is 83.8 Å². The number of halogens is 1. The molecule has 12 heteroatoms. The summed E-state index contributed by atoms with van der Waals surface area (Å²) < 4.78 is 40.3. The van der Waals surface area contributed by atoms with Gasteiger partial charge in [0.05, 0.1) is 11.9 Å². The Hall–Kier alpha value is -3.74. The summed E-state index contributed by atoms with van der Waals surface area (Å²) in [4.78, 5) is 28.8. The molecule has 2 fully saturated rings. The predicted octanol–water partition coefficient (Wildman–Crippen LogP) is 2.29. The van der Waals surface area contributed by atoms with Crippen LogP contribution in [0.1, 0.15) is 34.1 Å². The van der Waals surface area contributed by atoms with Crippen LogP contribution < -0.4 is 5.32 Å². The highest BCUT2D eigenvalue weighted by Gasteiger charge is 2.38. The summed E-state index contributed by atoms with van der Waals surface area (Å²) in [5.41, 5.74) is 3.51. The molecule has 4 heterocycles. The summed E-state index contributed by atoms with van der Waals surface area (Å²) >= 11 is 0. The number of pyridine rings is 1. The van der Waals surface area contributed by atoms with Crippen LogP contribution in [0.3, 0.4) is 0 Å². The first-order valence-electron chi connectivity index (χ1n) is 12.8. The largest absolute Gasteiger partial charge is 0.335 e. The van der Waals surface area contributed by atoms with Crippen LogP contribution in [0, 0.1) is 5.82 Å². The number of imidazole rings is 1. The first-order chi connectivity index (χ1) is 18.7. The molecule has 3 aromatic heterocycles. The van der Waals surface area contributed by atoms with Gasteiger partial charge in [-0.1, -0.05) is 12.1 Å². The van der Waals surface area contributed by atoms with Gasteiger partial charge in [-0.25, -0.2) is 27.8 Å². The number of aromatic nitrogens is 4. The van der Waals surface area contributed by atoms with E-state index in [-0.39, 0.29) is 36.5 Å². The summed E-state index contributed by atoms with van der Waals surface area (Å²) in [7, 11) is -3.30. The molecule has 6 rings (SSSR count). The summed E-state index contributed by atoms with van der Waals surface area (Å²) in [6, 6.07) is 12.3. The molecule has 0 unspecified atom stereocenters. The van der Waals surface area contributed by atoms with E-state index in [4.69, 9.17) is 4.98 Å². The molecular formula is C27H28FN7O3S. The fraction of sp³-hybridized carbons (Fsp3) is 0.333. The van der Waals surface area contributed by atoms with Crippen molar-refractivity contribution in [2.45, 2.75) is 24.9 Å². The summed E-state index contributed by atoms with van der Waals surface area (Å²) in [6.07, 6.45) is 7.54. The highest BCUT2D eigenvalue weighted by molar-refractivity contribution is 7.88. The maximum atomic E-state index is 13.5. The lowest BCUT2D eigenvalue weighted by atomic mass is 10.1. The molecule has 10 nitrogen and oxygen atoms in total. The first kappa shape index (κ1) is 25.5. The molecule has 1 aromatic carbocycles. The smallest absolute Gasteiger partial charge is 0.272 e. The lowest BCUT2D eigenvalue weighted by Crippen LogP contribution is -2.50. The average Bonchev–Trinajstić information content (AvgIpc) is 3.56. The molecule has 1 N–H and O–H groups in total. The number of rotatable bonds is 7. The predicted molar refractivity (Wildman–Crippen MR) is 143 cm³/mol. The van der Waals surface area contributed by atoms with Gasteiger partial charge < -0.3 is 14.6 Å². The van der Waals surface area contributed by atoms with E-state index in [1.807, 2.05) is 41.1 Å². The number of carbonyl (C=O) groups excluding carboxylic acids is 1. The van der Waals surface area contributed by atoms with Gasteiger partial charge >= 0.3 is 0 Å². The third-order valence-electron chi connectivity index (χ3n) is 7.28. The van der Waals surface area contributed by atoms with Crippen LogP contribution in [-0.4, -0.2) is 81.4 Å². The Balaban J connectivity index is 1.23. The number of piperazine rings is 1. The Kier molecular flexibility index (Phi) is 6.61. The normalized spacial score (nSPS) is 19.9. The number of nitrogens with one attached hydrogen (secondary N) is 1. The van der Waals surface area contributed by atoms with Crippen molar-refractivity contribution in [2.24, 2.45) is 0 Å². The summed E-state index contributed by atoms with van der Waals surface area (Å²) in [5, 5.41) is 3.51. The second kappa shape index (κ2) is 10.1. The molecule has 2 aliphatic rings. The molecule has 1 amide bonds. The third-order valence-corrected chi connectivity index (χ3v) is 8.59. The molecule has 4 aromatic rings. The Morgan fingerprint density at radius 3 is 2.56 bits per heavy atom. The van der Waals surface area contributed by atoms with Crippen molar-refractivity contribution in [1.82, 2.24) is 33.9 Å². The van der Waals surface area contributed by atoms with Crippen LogP contribution in [0.4, 0.5) is 4.39 Å². The van der Waals surface area contributed by atoms with Crippen molar-refractivity contribution in [2.75, 3.05) is 32.4 Å². The Morgan fingerprint density at radius 2 is 1.82 bits per heavy atom. The molecular weight excluding hydrogens is 521 g/mol. The van der Waals surface area contributed by atoms with Crippen molar-refractivity contribution in [3.8, 4) is 11.4 Å². The van der Waals surface area contributed by atoms with E-state index in [9.17, 15) is 17.6 Å². The topological polar surface area (TPSA) is 113 Å². The van der Waals surface area contributed by atoms with E-state index in [1.165, 1.54) is 22.7 Å². The zero-order valence-corrected chi connectivity index (χ0v) is 22.2. The monoisotopic (exact) mass is 549 g/mol. The number of hydrogen-bond donors (Lipinski definition) is 1. The summed E-state index contributed by atoms with van der Waals surface area (Å²) in [6.45, 7) is 1.52. The standard InChI is InChI=1S/C27H28FN7O3S/c1-39(37,38)35-12-10-34(11-13-35)27(36)24-15-21(17-30-23-16-22(23)18-2-4-20(28)5-3-18)31-26(32-24)19-6-8-33-9-7-29-25(33)14-19/h2-9,14-15,22-23,30H,10-13,16-17H2,1H3/t22-,23+/m0/s1. The van der Waals surface area contributed by atoms with Crippen LogP contribution >= 0.6 is 0 Å². The quantitative estimate of drug-likeness (QED) is 0.376. The number of carbonyl (C=O) groups is 1. The van der Waals surface area contributed by atoms with E-state index in [1.54, 1.807) is 17.2 Å². The minimum Gasteiger partial charge on any atom is -0.335 e. The lowest BCUT2D eigenvalue weighted by molar-refractivity contribution is 0.0692. The Morgan fingerprint density at radius 1 is 1.05 bits per heavy atom. The Labute approximate surface area is 225 Å². The molecule has 1 saturated heterocycles. The molecule has 0 bridgehead atoms. The van der Waals surface area contributed by atoms with Gasteiger partial charge in [0, 0.05) is 68.8 Å². The molecule has 1 saturated carbocycles. The van der Waals surface area contributed by atoms with Gasteiger partial charge in [-0.3, -0.25) is 4.79 Å². The number of nitrogens with zero attached hydrogens (tertiary/aromatic N) is 6. The number of sulfonamides is 1. The second-order valence-electron chi connectivity index (χ2n) is 10.0. The van der Waals surface area contributed by atoms with Gasteiger partial charge in [0.1, 0.15) is 17.2 Å². The summed E-state index contributed by atoms with van der Waals surface area (Å²) in [5.74, 6) is 0.220. The van der Waals surface area contributed by atoms with Crippen molar-refractivity contribution >= 4 is 21.6 Å². The van der Waals surface area contributed by atoms with E-state index in [0.29, 0.717) is 37.1 Å². The van der Waals surface area contributed by atoms with Crippen molar-refractivity contribution in [3.63, 3.8) is 0 Å².